The van der Waals surface area contributed by atoms with E-state index in [0.717, 1.165) is 36.8 Å². The molecule has 0 bridgehead atoms. The van der Waals surface area contributed by atoms with Crippen molar-refractivity contribution >= 4 is 27.9 Å². The lowest BCUT2D eigenvalue weighted by molar-refractivity contribution is -0.123. The predicted octanol–water partition coefficient (Wildman–Crippen LogP) is 3.28. The van der Waals surface area contributed by atoms with Crippen LogP contribution in [0.15, 0.2) is 40.3 Å². The molecule has 4 amide bonds. The molecule has 0 unspecified atom stereocenters. The van der Waals surface area contributed by atoms with Gasteiger partial charge < -0.3 is 5.32 Å². The summed E-state index contributed by atoms with van der Waals surface area (Å²) in [5, 5.41) is 2.74. The molecule has 1 heterocycles. The van der Waals surface area contributed by atoms with Gasteiger partial charge in [-0.1, -0.05) is 38.3 Å². The van der Waals surface area contributed by atoms with Gasteiger partial charge in [-0.05, 0) is 61.8 Å². The summed E-state index contributed by atoms with van der Waals surface area (Å²) < 4.78 is 27.2. The van der Waals surface area contributed by atoms with Gasteiger partial charge in [0.15, 0.2) is 0 Å². The Morgan fingerprint density at radius 1 is 1.09 bits per heavy atom. The fraction of sp³-hybridized carbons (Fsp3) is 0.542. The van der Waals surface area contributed by atoms with Crippen molar-refractivity contribution in [3.05, 3.63) is 41.0 Å². The Kier molecular flexibility index (Phi) is 8.29. The highest BCUT2D eigenvalue weighted by atomic mass is 32.2. The highest BCUT2D eigenvalue weighted by Gasteiger charge is 2.31. The predicted molar refractivity (Wildman–Crippen MR) is 125 cm³/mol. The number of carbonyl (C=O) groups is 3. The third-order valence-electron chi connectivity index (χ3n) is 6.38. The van der Waals surface area contributed by atoms with Gasteiger partial charge in [0.25, 0.3) is 15.9 Å². The molecule has 2 aliphatic rings. The average molecular weight is 476 g/mol. The van der Waals surface area contributed by atoms with Crippen molar-refractivity contribution in [3.8, 4) is 0 Å². The minimum Gasteiger partial charge on any atom is -0.337 e. The van der Waals surface area contributed by atoms with E-state index in [2.05, 4.69) is 10.0 Å². The third-order valence-corrected chi connectivity index (χ3v) is 7.77. The summed E-state index contributed by atoms with van der Waals surface area (Å²) in [7, 11) is -3.91. The van der Waals surface area contributed by atoms with Crippen LogP contribution in [0, 0.1) is 5.92 Å². The van der Waals surface area contributed by atoms with Gasteiger partial charge in [-0.3, -0.25) is 14.5 Å². The van der Waals surface area contributed by atoms with Gasteiger partial charge in [0, 0.05) is 18.5 Å². The zero-order valence-corrected chi connectivity index (χ0v) is 20.2. The number of nitrogens with zero attached hydrogens (tertiary/aromatic N) is 1. The molecule has 0 radical (unpaired) electrons. The van der Waals surface area contributed by atoms with Crippen molar-refractivity contribution in [2.24, 2.45) is 5.92 Å². The molecule has 1 aliphatic heterocycles. The third kappa shape index (κ3) is 6.43. The van der Waals surface area contributed by atoms with Crippen LogP contribution in [-0.2, 0) is 26.0 Å². The molecular weight excluding hydrogens is 442 g/mol. The van der Waals surface area contributed by atoms with Crippen molar-refractivity contribution in [2.45, 2.75) is 70.1 Å². The van der Waals surface area contributed by atoms with Crippen LogP contribution in [0.4, 0.5) is 4.79 Å². The Morgan fingerprint density at radius 3 is 2.36 bits per heavy atom. The van der Waals surface area contributed by atoms with Crippen LogP contribution in [0.3, 0.4) is 0 Å². The average Bonchev–Trinajstić information content (AvgIpc) is 3.07. The molecule has 1 aliphatic carbocycles. The topological polar surface area (TPSA) is 113 Å². The molecule has 0 atom stereocenters. The van der Waals surface area contributed by atoms with Crippen LogP contribution in [0.2, 0.25) is 0 Å². The van der Waals surface area contributed by atoms with Crippen molar-refractivity contribution in [1.82, 2.24) is 14.9 Å². The van der Waals surface area contributed by atoms with Crippen LogP contribution in [0.1, 0.15) is 64.4 Å². The number of amides is 4. The first-order chi connectivity index (χ1) is 15.7. The molecule has 0 aromatic heterocycles. The van der Waals surface area contributed by atoms with E-state index in [0.29, 0.717) is 31.5 Å². The molecule has 1 aromatic carbocycles. The second-order valence-electron chi connectivity index (χ2n) is 8.87. The lowest BCUT2D eigenvalue weighted by Gasteiger charge is -2.20. The minimum atomic E-state index is -3.91. The molecule has 8 nitrogen and oxygen atoms in total. The molecule has 9 heteroatoms. The fourth-order valence-electron chi connectivity index (χ4n) is 4.52. The Hall–Kier alpha value is -2.68. The zero-order valence-electron chi connectivity index (χ0n) is 19.4. The monoisotopic (exact) mass is 475 g/mol. The number of hydrogen-bond donors (Lipinski definition) is 2. The second kappa shape index (κ2) is 11.0. The number of sulfonamides is 1. The van der Waals surface area contributed by atoms with Gasteiger partial charge >= 0.3 is 6.03 Å². The minimum absolute atomic E-state index is 0.0311. The van der Waals surface area contributed by atoms with E-state index in [1.54, 1.807) is 12.1 Å². The molecule has 180 valence electrons. The Bertz CT molecular complexity index is 1020. The van der Waals surface area contributed by atoms with E-state index in [9.17, 15) is 22.8 Å². The first-order valence-corrected chi connectivity index (χ1v) is 13.1. The maximum atomic E-state index is 12.5. The Morgan fingerprint density at radius 2 is 1.76 bits per heavy atom. The van der Waals surface area contributed by atoms with E-state index in [1.165, 1.54) is 23.5 Å². The lowest BCUT2D eigenvalue weighted by Crippen LogP contribution is -2.42. The van der Waals surface area contributed by atoms with Gasteiger partial charge in [0.05, 0.1) is 11.4 Å². The van der Waals surface area contributed by atoms with Gasteiger partial charge in [0.1, 0.15) is 0 Å². The van der Waals surface area contributed by atoms with E-state index < -0.39 is 22.0 Å². The molecule has 0 saturated heterocycles. The van der Waals surface area contributed by atoms with E-state index >= 15 is 0 Å². The van der Waals surface area contributed by atoms with E-state index in [-0.39, 0.29) is 23.1 Å². The number of carbonyl (C=O) groups excluding carboxylic acids is 3. The first kappa shape index (κ1) is 25.0. The standard InChI is InChI=1S/C24H33N3O5S/c1-3-21-17(2)16-27(23(21)29)24(30)25-14-13-18-9-11-20(12-10-18)33(31,32)26-22(28)15-19-7-5-4-6-8-19/h9-12,19H,3-8,13-16H2,1-2H3,(H,25,30)(H,26,28). The van der Waals surface area contributed by atoms with Crippen LogP contribution in [0.25, 0.3) is 0 Å². The number of imide groups is 1. The highest BCUT2D eigenvalue weighted by Crippen LogP contribution is 2.26. The van der Waals surface area contributed by atoms with Gasteiger partial charge in [-0.2, -0.15) is 0 Å². The summed E-state index contributed by atoms with van der Waals surface area (Å²) in [5.41, 5.74) is 2.44. The second-order valence-corrected chi connectivity index (χ2v) is 10.5. The number of urea groups is 1. The van der Waals surface area contributed by atoms with Gasteiger partial charge in [-0.15, -0.1) is 0 Å². The summed E-state index contributed by atoms with van der Waals surface area (Å²) in [6.45, 7) is 4.38. The molecule has 1 aromatic rings. The largest absolute Gasteiger partial charge is 0.337 e. The quantitative estimate of drug-likeness (QED) is 0.599. The van der Waals surface area contributed by atoms with E-state index in [4.69, 9.17) is 0 Å². The number of hydrogen-bond acceptors (Lipinski definition) is 5. The van der Waals surface area contributed by atoms with Gasteiger partial charge in [-0.25, -0.2) is 17.9 Å². The van der Waals surface area contributed by atoms with Gasteiger partial charge in [0.2, 0.25) is 5.91 Å². The maximum absolute atomic E-state index is 12.5. The number of rotatable bonds is 8. The van der Waals surface area contributed by atoms with Crippen molar-refractivity contribution in [3.63, 3.8) is 0 Å². The summed E-state index contributed by atoms with van der Waals surface area (Å²) in [6.07, 6.45) is 6.64. The number of benzene rings is 1. The van der Waals surface area contributed by atoms with Crippen LogP contribution in [0.5, 0.6) is 0 Å². The molecule has 1 fully saturated rings. The molecule has 0 spiro atoms. The normalized spacial score (nSPS) is 17.4. The zero-order chi connectivity index (χ0) is 24.0. The maximum Gasteiger partial charge on any atom is 0.324 e. The highest BCUT2D eigenvalue weighted by molar-refractivity contribution is 7.90. The van der Waals surface area contributed by atoms with Crippen molar-refractivity contribution in [2.75, 3.05) is 13.1 Å². The summed E-state index contributed by atoms with van der Waals surface area (Å²) in [4.78, 5) is 38.0. The molecule has 2 N–H and O–H groups in total. The summed E-state index contributed by atoms with van der Waals surface area (Å²) in [5.74, 6) is -0.440. The fourth-order valence-corrected chi connectivity index (χ4v) is 5.51. The Labute approximate surface area is 195 Å². The summed E-state index contributed by atoms with van der Waals surface area (Å²) >= 11 is 0. The Balaban J connectivity index is 1.47. The van der Waals surface area contributed by atoms with Crippen molar-refractivity contribution < 1.29 is 22.8 Å². The van der Waals surface area contributed by atoms with Crippen LogP contribution < -0.4 is 10.0 Å². The molecule has 33 heavy (non-hydrogen) atoms. The molecule has 1 saturated carbocycles. The van der Waals surface area contributed by atoms with E-state index in [1.807, 2.05) is 13.8 Å². The lowest BCUT2D eigenvalue weighted by atomic mass is 9.87. The molecular formula is C24H33N3O5S. The molecule has 3 rings (SSSR count). The smallest absolute Gasteiger partial charge is 0.324 e. The number of nitrogens with one attached hydrogen (secondary N) is 2. The van der Waals surface area contributed by atoms with Crippen LogP contribution in [-0.4, -0.2) is 44.3 Å². The summed E-state index contributed by atoms with van der Waals surface area (Å²) in [6, 6.07) is 5.81. The first-order valence-electron chi connectivity index (χ1n) is 11.6. The van der Waals surface area contributed by atoms with Crippen LogP contribution >= 0.6 is 0 Å². The SMILES string of the molecule is CCC1=C(C)CN(C(=O)NCCc2ccc(S(=O)(=O)NC(=O)CC3CCCCC3)cc2)C1=O. The van der Waals surface area contributed by atoms with Crippen molar-refractivity contribution in [1.29, 1.82) is 0 Å².